The van der Waals surface area contributed by atoms with E-state index in [0.717, 1.165) is 11.3 Å². The van der Waals surface area contributed by atoms with Crippen LogP contribution in [0, 0.1) is 12.7 Å². The highest BCUT2D eigenvalue weighted by molar-refractivity contribution is 8.18. The molecule has 3 nitrogen and oxygen atoms in total. The number of thioether (sulfide) groups is 1. The molecular formula is C17H13FN2OS. The Morgan fingerprint density at radius 1 is 1.18 bits per heavy atom. The number of aliphatic imine (C=N–C) groups is 1. The summed E-state index contributed by atoms with van der Waals surface area (Å²) in [5, 5.41) is 3.26. The molecule has 0 atom stereocenters. The summed E-state index contributed by atoms with van der Waals surface area (Å²) in [7, 11) is 0. The van der Waals surface area contributed by atoms with Crippen LogP contribution in [0.4, 0.5) is 10.1 Å². The highest BCUT2D eigenvalue weighted by Crippen LogP contribution is 2.29. The van der Waals surface area contributed by atoms with Crippen LogP contribution >= 0.6 is 11.8 Å². The number of amidine groups is 1. The average Bonchev–Trinajstić information content (AvgIpc) is 2.81. The smallest absolute Gasteiger partial charge is 0.264 e. The molecule has 2 aromatic rings. The first-order valence-corrected chi connectivity index (χ1v) is 7.54. The predicted molar refractivity (Wildman–Crippen MR) is 88.4 cm³/mol. The van der Waals surface area contributed by atoms with Gasteiger partial charge in [-0.05, 0) is 54.1 Å². The maximum Gasteiger partial charge on any atom is 0.264 e. The molecule has 22 heavy (non-hydrogen) atoms. The van der Waals surface area contributed by atoms with E-state index in [1.165, 1.54) is 23.9 Å². The van der Waals surface area contributed by atoms with E-state index in [4.69, 9.17) is 0 Å². The molecule has 1 N–H and O–H groups in total. The molecule has 0 aromatic heterocycles. The summed E-state index contributed by atoms with van der Waals surface area (Å²) in [6.45, 7) is 1.96. The molecule has 0 aliphatic carbocycles. The number of nitrogens with zero attached hydrogens (tertiary/aromatic N) is 1. The number of carbonyl (C=O) groups is 1. The van der Waals surface area contributed by atoms with Crippen molar-refractivity contribution in [1.29, 1.82) is 0 Å². The fraction of sp³-hybridized carbons (Fsp3) is 0.0588. The molecule has 2 aromatic carbocycles. The van der Waals surface area contributed by atoms with Gasteiger partial charge in [0.05, 0.1) is 10.6 Å². The van der Waals surface area contributed by atoms with Crippen LogP contribution in [-0.4, -0.2) is 11.1 Å². The highest BCUT2D eigenvalue weighted by atomic mass is 32.2. The molecule has 0 radical (unpaired) electrons. The van der Waals surface area contributed by atoms with Crippen molar-refractivity contribution in [2.24, 2.45) is 4.99 Å². The normalized spacial score (nSPS) is 18.0. The number of para-hydroxylation sites is 1. The van der Waals surface area contributed by atoms with Crippen LogP contribution in [0.1, 0.15) is 11.1 Å². The maximum absolute atomic E-state index is 13.2. The number of aryl methyl sites for hydroxylation is 1. The number of rotatable bonds is 2. The average molecular weight is 312 g/mol. The SMILES string of the molecule is Cc1ccccc1N=C1NC(=O)C(=Cc2cccc(F)c2)S1. The van der Waals surface area contributed by atoms with Gasteiger partial charge in [0.15, 0.2) is 5.17 Å². The standard InChI is InChI=1S/C17H13FN2OS/c1-11-5-2-3-8-14(11)19-17-20-16(21)15(22-17)10-12-6-4-7-13(18)9-12/h2-10H,1H3,(H,19,20,21). The molecule has 0 unspecified atom stereocenters. The molecule has 1 fully saturated rings. The van der Waals surface area contributed by atoms with Crippen molar-refractivity contribution >= 4 is 34.6 Å². The number of benzene rings is 2. The number of nitrogens with one attached hydrogen (secondary N) is 1. The van der Waals surface area contributed by atoms with E-state index < -0.39 is 0 Å². The van der Waals surface area contributed by atoms with Gasteiger partial charge in [-0.15, -0.1) is 0 Å². The van der Waals surface area contributed by atoms with E-state index in [1.54, 1.807) is 18.2 Å². The molecule has 110 valence electrons. The van der Waals surface area contributed by atoms with E-state index in [-0.39, 0.29) is 11.7 Å². The Kier molecular flexibility index (Phi) is 4.06. The second-order valence-electron chi connectivity index (χ2n) is 4.82. The van der Waals surface area contributed by atoms with Crippen molar-refractivity contribution in [3.05, 3.63) is 70.4 Å². The molecule has 1 heterocycles. The third kappa shape index (κ3) is 3.26. The molecule has 0 bridgehead atoms. The van der Waals surface area contributed by atoms with Crippen molar-refractivity contribution < 1.29 is 9.18 Å². The van der Waals surface area contributed by atoms with Gasteiger partial charge in [0.25, 0.3) is 5.91 Å². The van der Waals surface area contributed by atoms with Crippen LogP contribution in [-0.2, 0) is 4.79 Å². The van der Waals surface area contributed by atoms with Crippen LogP contribution in [0.15, 0.2) is 58.4 Å². The van der Waals surface area contributed by atoms with Crippen LogP contribution in [0.5, 0.6) is 0 Å². The predicted octanol–water partition coefficient (Wildman–Crippen LogP) is 4.03. The summed E-state index contributed by atoms with van der Waals surface area (Å²) in [6, 6.07) is 13.8. The first-order valence-electron chi connectivity index (χ1n) is 6.72. The Labute approximate surface area is 132 Å². The maximum atomic E-state index is 13.2. The zero-order chi connectivity index (χ0) is 15.5. The molecular weight excluding hydrogens is 299 g/mol. The van der Waals surface area contributed by atoms with Gasteiger partial charge in [0.1, 0.15) is 5.82 Å². The zero-order valence-electron chi connectivity index (χ0n) is 11.8. The van der Waals surface area contributed by atoms with E-state index in [0.29, 0.717) is 15.6 Å². The van der Waals surface area contributed by atoms with E-state index in [1.807, 2.05) is 31.2 Å². The third-order valence-electron chi connectivity index (χ3n) is 3.13. The van der Waals surface area contributed by atoms with Crippen LogP contribution in [0.2, 0.25) is 0 Å². The monoisotopic (exact) mass is 312 g/mol. The molecule has 1 aliphatic heterocycles. The molecule has 1 amide bonds. The summed E-state index contributed by atoms with van der Waals surface area (Å²) < 4.78 is 13.2. The quantitative estimate of drug-likeness (QED) is 0.851. The lowest BCUT2D eigenvalue weighted by molar-refractivity contribution is -0.115. The van der Waals surface area contributed by atoms with Crippen molar-refractivity contribution in [2.45, 2.75) is 6.92 Å². The van der Waals surface area contributed by atoms with Gasteiger partial charge in [-0.1, -0.05) is 30.3 Å². The largest absolute Gasteiger partial charge is 0.300 e. The summed E-state index contributed by atoms with van der Waals surface area (Å²) in [4.78, 5) is 16.9. The van der Waals surface area contributed by atoms with Crippen molar-refractivity contribution in [2.75, 3.05) is 0 Å². The van der Waals surface area contributed by atoms with Crippen LogP contribution in [0.3, 0.4) is 0 Å². The minimum absolute atomic E-state index is 0.221. The van der Waals surface area contributed by atoms with Gasteiger partial charge in [0, 0.05) is 0 Å². The van der Waals surface area contributed by atoms with E-state index in [9.17, 15) is 9.18 Å². The van der Waals surface area contributed by atoms with Crippen molar-refractivity contribution in [3.8, 4) is 0 Å². The van der Waals surface area contributed by atoms with Gasteiger partial charge in [0.2, 0.25) is 0 Å². The summed E-state index contributed by atoms with van der Waals surface area (Å²) >= 11 is 1.25. The topological polar surface area (TPSA) is 41.5 Å². The lowest BCUT2D eigenvalue weighted by atomic mass is 10.2. The minimum Gasteiger partial charge on any atom is -0.300 e. The van der Waals surface area contributed by atoms with E-state index >= 15 is 0 Å². The second-order valence-corrected chi connectivity index (χ2v) is 5.85. The Balaban J connectivity index is 1.86. The summed E-state index contributed by atoms with van der Waals surface area (Å²) in [5.74, 6) is -0.548. The van der Waals surface area contributed by atoms with Gasteiger partial charge in [-0.25, -0.2) is 9.38 Å². The number of amides is 1. The van der Waals surface area contributed by atoms with Crippen molar-refractivity contribution in [1.82, 2.24) is 5.32 Å². The van der Waals surface area contributed by atoms with E-state index in [2.05, 4.69) is 10.3 Å². The molecule has 0 spiro atoms. The summed E-state index contributed by atoms with van der Waals surface area (Å²) in [6.07, 6.45) is 1.66. The highest BCUT2D eigenvalue weighted by Gasteiger charge is 2.23. The van der Waals surface area contributed by atoms with Crippen LogP contribution < -0.4 is 5.32 Å². The number of halogens is 1. The molecule has 3 rings (SSSR count). The van der Waals surface area contributed by atoms with Crippen LogP contribution in [0.25, 0.3) is 6.08 Å². The lowest BCUT2D eigenvalue weighted by Gasteiger charge is -1.99. The Hall–Kier alpha value is -2.40. The number of hydrogen-bond donors (Lipinski definition) is 1. The molecule has 0 saturated carbocycles. The van der Waals surface area contributed by atoms with Gasteiger partial charge >= 0.3 is 0 Å². The minimum atomic E-state index is -0.327. The number of hydrogen-bond acceptors (Lipinski definition) is 3. The van der Waals surface area contributed by atoms with Gasteiger partial charge in [-0.2, -0.15) is 0 Å². The fourth-order valence-electron chi connectivity index (χ4n) is 2.03. The first kappa shape index (κ1) is 14.5. The molecule has 5 heteroatoms. The Morgan fingerprint density at radius 2 is 2.00 bits per heavy atom. The Morgan fingerprint density at radius 3 is 2.77 bits per heavy atom. The fourth-order valence-corrected chi connectivity index (χ4v) is 2.86. The summed E-state index contributed by atoms with van der Waals surface area (Å²) in [5.41, 5.74) is 2.50. The first-order chi connectivity index (χ1) is 10.6. The number of carbonyl (C=O) groups excluding carboxylic acids is 1. The molecule has 1 aliphatic rings. The van der Waals surface area contributed by atoms with Gasteiger partial charge < -0.3 is 5.32 Å². The third-order valence-corrected chi connectivity index (χ3v) is 4.04. The molecule has 1 saturated heterocycles. The lowest BCUT2D eigenvalue weighted by Crippen LogP contribution is -2.19. The van der Waals surface area contributed by atoms with Gasteiger partial charge in [-0.3, -0.25) is 4.79 Å². The second kappa shape index (κ2) is 6.15. The van der Waals surface area contributed by atoms with Crippen molar-refractivity contribution in [3.63, 3.8) is 0 Å². The Bertz CT molecular complexity index is 799. The zero-order valence-corrected chi connectivity index (χ0v) is 12.7.